The Kier molecular flexibility index (Phi) is 5.45. The van der Waals surface area contributed by atoms with Gasteiger partial charge in [0.15, 0.2) is 0 Å². The third kappa shape index (κ3) is 4.34. The largest absolute Gasteiger partial charge is 0.353 e. The lowest BCUT2D eigenvalue weighted by molar-refractivity contribution is 0.251. The molecule has 27 heavy (non-hydrogen) atoms. The van der Waals surface area contributed by atoms with Crippen LogP contribution >= 0.6 is 11.3 Å². The van der Waals surface area contributed by atoms with Gasteiger partial charge < -0.3 is 4.90 Å². The second kappa shape index (κ2) is 8.15. The molecule has 3 heterocycles. The van der Waals surface area contributed by atoms with Crippen molar-refractivity contribution in [1.82, 2.24) is 19.9 Å². The van der Waals surface area contributed by atoms with Crippen LogP contribution in [0.25, 0.3) is 10.6 Å². The van der Waals surface area contributed by atoms with Gasteiger partial charge in [0.1, 0.15) is 10.8 Å². The van der Waals surface area contributed by atoms with Gasteiger partial charge in [0.25, 0.3) is 0 Å². The number of piperazine rings is 1. The maximum Gasteiger partial charge on any atom is 0.147 e. The zero-order chi connectivity index (χ0) is 18.6. The molecule has 3 aromatic rings. The molecule has 0 radical (unpaired) electrons. The summed E-state index contributed by atoms with van der Waals surface area (Å²) in [6.45, 7) is 9.46. The zero-order valence-corrected chi connectivity index (χ0v) is 16.7. The summed E-state index contributed by atoms with van der Waals surface area (Å²) in [5, 5.41) is 1.11. The van der Waals surface area contributed by atoms with E-state index in [0.29, 0.717) is 5.92 Å². The molecule has 0 N–H and O–H groups in total. The molecule has 1 aliphatic heterocycles. The van der Waals surface area contributed by atoms with E-state index in [1.807, 2.05) is 12.4 Å². The topological polar surface area (TPSA) is 45.2 Å². The highest BCUT2D eigenvalue weighted by atomic mass is 32.1. The van der Waals surface area contributed by atoms with E-state index in [4.69, 9.17) is 0 Å². The van der Waals surface area contributed by atoms with Gasteiger partial charge in [-0.3, -0.25) is 9.88 Å². The van der Waals surface area contributed by atoms with Crippen LogP contribution in [0, 0.1) is 0 Å². The molecule has 0 saturated carbocycles. The number of aromatic nitrogens is 3. The Balaban J connectivity index is 1.35. The van der Waals surface area contributed by atoms with Gasteiger partial charge in [0.2, 0.25) is 0 Å². The number of nitrogens with zero attached hydrogens (tertiary/aromatic N) is 5. The van der Waals surface area contributed by atoms with Crippen LogP contribution in [-0.4, -0.2) is 46.0 Å². The minimum absolute atomic E-state index is 0.562. The van der Waals surface area contributed by atoms with E-state index in [-0.39, 0.29) is 0 Å². The molecular formula is C21H25N5S. The molecule has 1 fully saturated rings. The molecule has 4 rings (SSSR count). The Hall–Kier alpha value is -2.31. The molecule has 1 aliphatic rings. The van der Waals surface area contributed by atoms with Gasteiger partial charge in [-0.05, 0) is 11.5 Å². The molecule has 1 aromatic carbocycles. The van der Waals surface area contributed by atoms with Crippen LogP contribution in [0.15, 0.2) is 49.1 Å². The number of benzene rings is 1. The molecule has 2 aromatic heterocycles. The lowest BCUT2D eigenvalue weighted by Gasteiger charge is -2.34. The van der Waals surface area contributed by atoms with E-state index in [1.165, 1.54) is 16.0 Å². The summed E-state index contributed by atoms with van der Waals surface area (Å²) < 4.78 is 0. The average molecular weight is 380 g/mol. The summed E-state index contributed by atoms with van der Waals surface area (Å²) in [5.74, 6) is 1.54. The van der Waals surface area contributed by atoms with Gasteiger partial charge in [0.05, 0.1) is 6.20 Å². The van der Waals surface area contributed by atoms with Gasteiger partial charge in [0, 0.05) is 61.8 Å². The van der Waals surface area contributed by atoms with E-state index in [9.17, 15) is 0 Å². The van der Waals surface area contributed by atoms with Crippen molar-refractivity contribution in [2.24, 2.45) is 0 Å². The van der Waals surface area contributed by atoms with E-state index < -0.39 is 0 Å². The molecule has 140 valence electrons. The molecule has 0 spiro atoms. The van der Waals surface area contributed by atoms with Gasteiger partial charge in [-0.1, -0.05) is 38.1 Å². The SMILES string of the molecule is CC(C)c1ccc(-c2ncc(CN3CCN(c4cnccn4)CC3)s2)cc1. The van der Waals surface area contributed by atoms with Crippen LogP contribution in [0.5, 0.6) is 0 Å². The molecule has 0 amide bonds. The highest BCUT2D eigenvalue weighted by molar-refractivity contribution is 7.15. The molecule has 1 saturated heterocycles. The van der Waals surface area contributed by atoms with Gasteiger partial charge in [-0.15, -0.1) is 11.3 Å². The second-order valence-corrected chi connectivity index (χ2v) is 8.35. The first-order valence-corrected chi connectivity index (χ1v) is 10.3. The third-order valence-corrected chi connectivity index (χ3v) is 6.03. The van der Waals surface area contributed by atoms with Crippen molar-refractivity contribution in [3.8, 4) is 10.6 Å². The maximum absolute atomic E-state index is 4.65. The summed E-state index contributed by atoms with van der Waals surface area (Å²) in [5.41, 5.74) is 2.58. The van der Waals surface area contributed by atoms with Crippen molar-refractivity contribution in [2.45, 2.75) is 26.3 Å². The zero-order valence-electron chi connectivity index (χ0n) is 15.9. The smallest absolute Gasteiger partial charge is 0.147 e. The standard InChI is InChI=1S/C21H25N5S/c1-16(2)17-3-5-18(6-4-17)21-24-13-19(27-21)15-25-9-11-26(12-10-25)20-14-22-7-8-23-20/h3-8,13-14,16H,9-12,15H2,1-2H3. The first-order valence-electron chi connectivity index (χ1n) is 9.47. The maximum atomic E-state index is 4.65. The number of anilines is 1. The number of rotatable bonds is 5. The van der Waals surface area contributed by atoms with Crippen molar-refractivity contribution in [2.75, 3.05) is 31.1 Å². The number of hydrogen-bond donors (Lipinski definition) is 0. The fourth-order valence-corrected chi connectivity index (χ4v) is 4.29. The fourth-order valence-electron chi connectivity index (χ4n) is 3.33. The van der Waals surface area contributed by atoms with Crippen LogP contribution in [0.4, 0.5) is 5.82 Å². The molecule has 5 nitrogen and oxygen atoms in total. The van der Waals surface area contributed by atoms with Gasteiger partial charge in [-0.25, -0.2) is 9.97 Å². The van der Waals surface area contributed by atoms with E-state index in [0.717, 1.165) is 43.5 Å². The van der Waals surface area contributed by atoms with Crippen molar-refractivity contribution in [1.29, 1.82) is 0 Å². The average Bonchev–Trinajstić information content (AvgIpc) is 3.18. The number of thiazole rings is 1. The first-order chi connectivity index (χ1) is 13.2. The normalized spacial score (nSPS) is 15.4. The molecule has 6 heteroatoms. The van der Waals surface area contributed by atoms with Crippen molar-refractivity contribution >= 4 is 17.2 Å². The van der Waals surface area contributed by atoms with Crippen LogP contribution in [-0.2, 0) is 6.54 Å². The lowest BCUT2D eigenvalue weighted by Crippen LogP contribution is -2.46. The van der Waals surface area contributed by atoms with Crippen molar-refractivity contribution < 1.29 is 0 Å². The summed E-state index contributed by atoms with van der Waals surface area (Å²) in [4.78, 5) is 19.3. The Bertz CT molecular complexity index is 852. The second-order valence-electron chi connectivity index (χ2n) is 7.24. The first kappa shape index (κ1) is 18.1. The lowest BCUT2D eigenvalue weighted by atomic mass is 10.0. The Morgan fingerprint density at radius 3 is 2.41 bits per heavy atom. The minimum atomic E-state index is 0.562. The van der Waals surface area contributed by atoms with E-state index in [1.54, 1.807) is 23.7 Å². The van der Waals surface area contributed by atoms with Gasteiger partial charge in [-0.2, -0.15) is 0 Å². The molecule has 0 aliphatic carbocycles. The van der Waals surface area contributed by atoms with E-state index in [2.05, 4.69) is 62.9 Å². The van der Waals surface area contributed by atoms with Crippen LogP contribution in [0.2, 0.25) is 0 Å². The summed E-state index contributed by atoms with van der Waals surface area (Å²) in [6.07, 6.45) is 7.35. The Labute approximate surface area is 164 Å². The Morgan fingerprint density at radius 1 is 0.963 bits per heavy atom. The quantitative estimate of drug-likeness (QED) is 0.669. The molecule has 0 unspecified atom stereocenters. The molecular weight excluding hydrogens is 354 g/mol. The van der Waals surface area contributed by atoms with Crippen molar-refractivity contribution in [3.05, 3.63) is 59.5 Å². The number of hydrogen-bond acceptors (Lipinski definition) is 6. The summed E-state index contributed by atoms with van der Waals surface area (Å²) in [7, 11) is 0. The summed E-state index contributed by atoms with van der Waals surface area (Å²) in [6, 6.07) is 8.81. The third-order valence-electron chi connectivity index (χ3n) is 5.00. The summed E-state index contributed by atoms with van der Waals surface area (Å²) >= 11 is 1.80. The Morgan fingerprint density at radius 2 is 1.74 bits per heavy atom. The predicted molar refractivity (Wildman–Crippen MR) is 111 cm³/mol. The van der Waals surface area contributed by atoms with Gasteiger partial charge >= 0.3 is 0 Å². The van der Waals surface area contributed by atoms with Crippen LogP contribution < -0.4 is 4.90 Å². The van der Waals surface area contributed by atoms with Crippen molar-refractivity contribution in [3.63, 3.8) is 0 Å². The monoisotopic (exact) mass is 379 g/mol. The van der Waals surface area contributed by atoms with Crippen LogP contribution in [0.1, 0.15) is 30.2 Å². The van der Waals surface area contributed by atoms with Crippen LogP contribution in [0.3, 0.4) is 0 Å². The molecule has 0 bridgehead atoms. The minimum Gasteiger partial charge on any atom is -0.353 e. The van der Waals surface area contributed by atoms with E-state index >= 15 is 0 Å². The predicted octanol–water partition coefficient (Wildman–Crippen LogP) is 4.05. The molecule has 0 atom stereocenters. The fraction of sp³-hybridized carbons (Fsp3) is 0.381. The highest BCUT2D eigenvalue weighted by Gasteiger charge is 2.19. The highest BCUT2D eigenvalue weighted by Crippen LogP contribution is 2.27.